The fourth-order valence-electron chi connectivity index (χ4n) is 2.01. The SMILES string of the molecule is CCN(CC(C)C)C(=O)c1cc(C)cc(C(=O)O)c1. The largest absolute Gasteiger partial charge is 0.478 e. The van der Waals surface area contributed by atoms with E-state index in [-0.39, 0.29) is 11.5 Å². The maximum atomic E-state index is 12.4. The highest BCUT2D eigenvalue weighted by molar-refractivity contribution is 5.97. The van der Waals surface area contributed by atoms with Gasteiger partial charge in [-0.05, 0) is 43.5 Å². The molecule has 0 saturated heterocycles. The minimum absolute atomic E-state index is 0.109. The van der Waals surface area contributed by atoms with Gasteiger partial charge >= 0.3 is 5.97 Å². The number of aryl methyl sites for hydroxylation is 1. The third-order valence-electron chi connectivity index (χ3n) is 2.83. The average molecular weight is 263 g/mol. The molecule has 1 rings (SSSR count). The molecule has 1 aromatic rings. The van der Waals surface area contributed by atoms with Crippen LogP contribution in [0.2, 0.25) is 0 Å². The Labute approximate surface area is 114 Å². The molecule has 1 N–H and O–H groups in total. The second kappa shape index (κ2) is 6.36. The lowest BCUT2D eigenvalue weighted by Gasteiger charge is -2.23. The van der Waals surface area contributed by atoms with Crippen molar-refractivity contribution >= 4 is 11.9 Å². The van der Waals surface area contributed by atoms with E-state index in [4.69, 9.17) is 5.11 Å². The van der Waals surface area contributed by atoms with E-state index >= 15 is 0 Å². The number of amides is 1. The third kappa shape index (κ3) is 4.09. The molecule has 0 aromatic heterocycles. The number of carbonyl (C=O) groups excluding carboxylic acids is 1. The van der Waals surface area contributed by atoms with E-state index in [9.17, 15) is 9.59 Å². The number of carbonyl (C=O) groups is 2. The summed E-state index contributed by atoms with van der Waals surface area (Å²) < 4.78 is 0. The maximum Gasteiger partial charge on any atom is 0.335 e. The Kier molecular flexibility index (Phi) is 5.10. The molecule has 0 bridgehead atoms. The summed E-state index contributed by atoms with van der Waals surface area (Å²) in [4.78, 5) is 25.1. The Morgan fingerprint density at radius 2 is 1.79 bits per heavy atom. The highest BCUT2D eigenvalue weighted by atomic mass is 16.4. The topological polar surface area (TPSA) is 57.6 Å². The van der Waals surface area contributed by atoms with Crippen LogP contribution in [0.1, 0.15) is 47.1 Å². The van der Waals surface area contributed by atoms with Crippen LogP contribution >= 0.6 is 0 Å². The molecule has 0 fully saturated rings. The van der Waals surface area contributed by atoms with Crippen molar-refractivity contribution in [2.45, 2.75) is 27.7 Å². The van der Waals surface area contributed by atoms with Crippen LogP contribution in [0.4, 0.5) is 0 Å². The monoisotopic (exact) mass is 263 g/mol. The van der Waals surface area contributed by atoms with Crippen molar-refractivity contribution in [1.82, 2.24) is 4.90 Å². The number of aromatic carboxylic acids is 1. The van der Waals surface area contributed by atoms with Gasteiger partial charge in [0, 0.05) is 18.7 Å². The van der Waals surface area contributed by atoms with Gasteiger partial charge in [-0.1, -0.05) is 13.8 Å². The van der Waals surface area contributed by atoms with Gasteiger partial charge in [0.25, 0.3) is 5.91 Å². The Morgan fingerprint density at radius 1 is 1.21 bits per heavy atom. The molecule has 104 valence electrons. The lowest BCUT2D eigenvalue weighted by atomic mass is 10.0. The van der Waals surface area contributed by atoms with Gasteiger partial charge in [-0.3, -0.25) is 4.79 Å². The van der Waals surface area contributed by atoms with Crippen molar-refractivity contribution in [3.8, 4) is 0 Å². The Morgan fingerprint density at radius 3 is 2.26 bits per heavy atom. The first-order valence-electron chi connectivity index (χ1n) is 6.49. The fraction of sp³-hybridized carbons (Fsp3) is 0.467. The second-order valence-electron chi connectivity index (χ2n) is 5.13. The number of carboxylic acids is 1. The Bertz CT molecular complexity index is 480. The predicted molar refractivity (Wildman–Crippen MR) is 74.6 cm³/mol. The Hall–Kier alpha value is -1.84. The van der Waals surface area contributed by atoms with E-state index in [2.05, 4.69) is 13.8 Å². The summed E-state index contributed by atoms with van der Waals surface area (Å²) in [6, 6.07) is 4.75. The van der Waals surface area contributed by atoms with Crippen molar-refractivity contribution in [3.05, 3.63) is 34.9 Å². The minimum atomic E-state index is -1.01. The van der Waals surface area contributed by atoms with Crippen molar-refractivity contribution in [3.63, 3.8) is 0 Å². The van der Waals surface area contributed by atoms with Gasteiger partial charge < -0.3 is 10.0 Å². The number of hydrogen-bond acceptors (Lipinski definition) is 2. The van der Waals surface area contributed by atoms with Crippen molar-refractivity contribution in [2.24, 2.45) is 5.92 Å². The van der Waals surface area contributed by atoms with Crippen LogP contribution in [-0.2, 0) is 0 Å². The van der Waals surface area contributed by atoms with Gasteiger partial charge in [-0.2, -0.15) is 0 Å². The molecule has 0 spiro atoms. The van der Waals surface area contributed by atoms with Crippen LogP contribution in [0.15, 0.2) is 18.2 Å². The molecule has 1 aromatic carbocycles. The van der Waals surface area contributed by atoms with Crippen molar-refractivity contribution in [2.75, 3.05) is 13.1 Å². The molecule has 0 radical (unpaired) electrons. The molecule has 0 aliphatic heterocycles. The fourth-order valence-corrected chi connectivity index (χ4v) is 2.01. The normalized spacial score (nSPS) is 10.6. The molecule has 0 aliphatic rings. The van der Waals surface area contributed by atoms with E-state index in [1.54, 1.807) is 24.0 Å². The van der Waals surface area contributed by atoms with E-state index in [1.165, 1.54) is 6.07 Å². The molecule has 0 atom stereocenters. The van der Waals surface area contributed by atoms with Crippen molar-refractivity contribution in [1.29, 1.82) is 0 Å². The Balaban J connectivity index is 3.07. The predicted octanol–water partition coefficient (Wildman–Crippen LogP) is 2.81. The summed E-state index contributed by atoms with van der Waals surface area (Å²) in [6.07, 6.45) is 0. The number of nitrogens with zero attached hydrogens (tertiary/aromatic N) is 1. The van der Waals surface area contributed by atoms with Crippen LogP contribution < -0.4 is 0 Å². The molecule has 0 saturated carbocycles. The summed E-state index contributed by atoms with van der Waals surface area (Å²) in [6.45, 7) is 9.11. The molecule has 0 heterocycles. The van der Waals surface area contributed by atoms with Crippen LogP contribution in [0, 0.1) is 12.8 Å². The number of rotatable bonds is 5. The number of benzene rings is 1. The zero-order chi connectivity index (χ0) is 14.6. The summed E-state index contributed by atoms with van der Waals surface area (Å²) in [7, 11) is 0. The zero-order valence-electron chi connectivity index (χ0n) is 11.9. The maximum absolute atomic E-state index is 12.4. The summed E-state index contributed by atoms with van der Waals surface area (Å²) >= 11 is 0. The van der Waals surface area contributed by atoms with E-state index in [1.807, 2.05) is 6.92 Å². The molecular weight excluding hydrogens is 242 g/mol. The standard InChI is InChI=1S/C15H21NO3/c1-5-16(9-10(2)3)14(17)12-6-11(4)7-13(8-12)15(18)19/h6-8,10H,5,9H2,1-4H3,(H,18,19). The lowest BCUT2D eigenvalue weighted by molar-refractivity contribution is 0.0696. The van der Waals surface area contributed by atoms with E-state index < -0.39 is 5.97 Å². The first-order chi connectivity index (χ1) is 8.85. The number of hydrogen-bond donors (Lipinski definition) is 1. The smallest absolute Gasteiger partial charge is 0.335 e. The van der Waals surface area contributed by atoms with Gasteiger partial charge in [-0.15, -0.1) is 0 Å². The highest BCUT2D eigenvalue weighted by Crippen LogP contribution is 2.13. The third-order valence-corrected chi connectivity index (χ3v) is 2.83. The zero-order valence-corrected chi connectivity index (χ0v) is 11.9. The first kappa shape index (κ1) is 15.2. The van der Waals surface area contributed by atoms with Gasteiger partial charge in [0.05, 0.1) is 5.56 Å². The first-order valence-corrected chi connectivity index (χ1v) is 6.49. The molecule has 0 aliphatic carbocycles. The molecule has 1 amide bonds. The average Bonchev–Trinajstić information content (AvgIpc) is 2.34. The molecule has 4 nitrogen and oxygen atoms in total. The quantitative estimate of drug-likeness (QED) is 0.888. The molecule has 19 heavy (non-hydrogen) atoms. The summed E-state index contributed by atoms with van der Waals surface area (Å²) in [5, 5.41) is 9.03. The molecule has 0 unspecified atom stereocenters. The van der Waals surface area contributed by atoms with Gasteiger partial charge in [0.2, 0.25) is 0 Å². The molecule has 4 heteroatoms. The van der Waals surface area contributed by atoms with E-state index in [0.717, 1.165) is 5.56 Å². The van der Waals surface area contributed by atoms with Gasteiger partial charge in [0.15, 0.2) is 0 Å². The van der Waals surface area contributed by atoms with Crippen LogP contribution in [0.5, 0.6) is 0 Å². The number of carboxylic acid groups (broad SMARTS) is 1. The summed E-state index contributed by atoms with van der Waals surface area (Å²) in [5.41, 5.74) is 1.38. The van der Waals surface area contributed by atoms with Crippen molar-refractivity contribution < 1.29 is 14.7 Å². The van der Waals surface area contributed by atoms with Gasteiger partial charge in [-0.25, -0.2) is 4.79 Å². The van der Waals surface area contributed by atoms with Crippen LogP contribution in [0.3, 0.4) is 0 Å². The lowest BCUT2D eigenvalue weighted by Crippen LogP contribution is -2.34. The van der Waals surface area contributed by atoms with Gasteiger partial charge in [0.1, 0.15) is 0 Å². The minimum Gasteiger partial charge on any atom is -0.478 e. The van der Waals surface area contributed by atoms with Crippen LogP contribution in [0.25, 0.3) is 0 Å². The van der Waals surface area contributed by atoms with Crippen LogP contribution in [-0.4, -0.2) is 35.0 Å². The summed E-state index contributed by atoms with van der Waals surface area (Å²) in [5.74, 6) is -0.736. The second-order valence-corrected chi connectivity index (χ2v) is 5.13. The molecular formula is C15H21NO3. The van der Waals surface area contributed by atoms with E-state index in [0.29, 0.717) is 24.6 Å². The highest BCUT2D eigenvalue weighted by Gasteiger charge is 2.17.